The summed E-state index contributed by atoms with van der Waals surface area (Å²) in [6.45, 7) is 7.12. The first-order valence-corrected chi connectivity index (χ1v) is 10.1. The Balaban J connectivity index is 1.53. The van der Waals surface area contributed by atoms with E-state index >= 15 is 0 Å². The lowest BCUT2D eigenvalue weighted by atomic mass is 9.98. The first-order valence-electron chi connectivity index (χ1n) is 8.71. The quantitative estimate of drug-likeness (QED) is 0.788. The van der Waals surface area contributed by atoms with E-state index in [1.807, 2.05) is 20.8 Å². The molecule has 0 spiro atoms. The van der Waals surface area contributed by atoms with Crippen molar-refractivity contribution in [3.8, 4) is 0 Å². The van der Waals surface area contributed by atoms with Crippen molar-refractivity contribution in [2.75, 3.05) is 19.7 Å². The molecule has 0 saturated carbocycles. The highest BCUT2D eigenvalue weighted by Gasteiger charge is 2.31. The minimum atomic E-state index is -3.65. The molecule has 0 N–H and O–H groups in total. The number of hydrogen-bond donors (Lipinski definition) is 0. The molecule has 1 aromatic rings. The van der Waals surface area contributed by atoms with Gasteiger partial charge in [-0.05, 0) is 51.7 Å². The Hall–Kier alpha value is -2.09. The molecule has 2 heterocycles. The largest absolute Gasteiger partial charge is 0.476 e. The van der Waals surface area contributed by atoms with Crippen LogP contribution in [0.3, 0.4) is 0 Å². The normalized spacial score (nSPS) is 19.7. The minimum Gasteiger partial charge on any atom is -0.476 e. The highest BCUT2D eigenvalue weighted by Crippen LogP contribution is 2.27. The summed E-state index contributed by atoms with van der Waals surface area (Å²) in [6.07, 6.45) is 1.26. The molecule has 3 rings (SSSR count). The second-order valence-corrected chi connectivity index (χ2v) is 9.16. The molecule has 0 bridgehead atoms. The van der Waals surface area contributed by atoms with Crippen molar-refractivity contribution in [1.82, 2.24) is 4.90 Å². The second kappa shape index (κ2) is 6.90. The van der Waals surface area contributed by atoms with E-state index in [-0.39, 0.29) is 22.8 Å². The average Bonchev–Trinajstić information content (AvgIpc) is 2.83. The van der Waals surface area contributed by atoms with Crippen molar-refractivity contribution < 1.29 is 22.7 Å². The zero-order chi connectivity index (χ0) is 18.9. The van der Waals surface area contributed by atoms with Crippen molar-refractivity contribution >= 4 is 22.0 Å². The molecular weight excluding hydrogens is 356 g/mol. The van der Waals surface area contributed by atoms with Gasteiger partial charge in [0.2, 0.25) is 5.90 Å². The average molecular weight is 380 g/mol. The van der Waals surface area contributed by atoms with E-state index in [4.69, 9.17) is 9.47 Å². The summed E-state index contributed by atoms with van der Waals surface area (Å²) >= 11 is 0. The zero-order valence-corrected chi connectivity index (χ0v) is 16.1. The van der Waals surface area contributed by atoms with Gasteiger partial charge in [-0.2, -0.15) is 8.42 Å². The first kappa shape index (κ1) is 18.7. The molecule has 8 heteroatoms. The summed E-state index contributed by atoms with van der Waals surface area (Å²) in [5.74, 6) is 0.405. The fraction of sp³-hybridized carbons (Fsp3) is 0.556. The highest BCUT2D eigenvalue weighted by molar-refractivity contribution is 7.90. The van der Waals surface area contributed by atoms with Crippen LogP contribution in [0.1, 0.15) is 39.2 Å². The number of rotatable bonds is 2. The zero-order valence-electron chi connectivity index (χ0n) is 15.3. The number of piperidine rings is 1. The Bertz CT molecular complexity index is 818. The number of hydrogen-bond acceptors (Lipinski definition) is 5. The van der Waals surface area contributed by atoms with Gasteiger partial charge in [-0.3, -0.25) is 0 Å². The first-order chi connectivity index (χ1) is 12.2. The van der Waals surface area contributed by atoms with Gasteiger partial charge >= 0.3 is 6.09 Å². The van der Waals surface area contributed by atoms with E-state index < -0.39 is 15.6 Å². The van der Waals surface area contributed by atoms with Gasteiger partial charge in [0.25, 0.3) is 10.0 Å². The van der Waals surface area contributed by atoms with Gasteiger partial charge in [0.15, 0.2) is 0 Å². The Morgan fingerprint density at radius 2 is 1.88 bits per heavy atom. The van der Waals surface area contributed by atoms with Crippen LogP contribution in [0.5, 0.6) is 0 Å². The van der Waals surface area contributed by atoms with Crippen molar-refractivity contribution in [1.29, 1.82) is 0 Å². The molecule has 1 aromatic carbocycles. The molecule has 7 nitrogen and oxygen atoms in total. The van der Waals surface area contributed by atoms with Gasteiger partial charge in [-0.15, -0.1) is 4.40 Å². The molecule has 26 heavy (non-hydrogen) atoms. The van der Waals surface area contributed by atoms with E-state index in [1.165, 1.54) is 6.07 Å². The fourth-order valence-corrected chi connectivity index (χ4v) is 4.14. The molecule has 2 aliphatic rings. The third-order valence-corrected chi connectivity index (χ3v) is 5.64. The maximum absolute atomic E-state index is 12.1. The lowest BCUT2D eigenvalue weighted by Crippen LogP contribution is -2.42. The molecule has 142 valence electrons. The van der Waals surface area contributed by atoms with E-state index in [1.54, 1.807) is 23.1 Å². The molecular formula is C18H24N2O5S. The second-order valence-electron chi connectivity index (χ2n) is 7.59. The van der Waals surface area contributed by atoms with Crippen LogP contribution in [0.4, 0.5) is 4.79 Å². The summed E-state index contributed by atoms with van der Waals surface area (Å²) in [7, 11) is -3.65. The number of ether oxygens (including phenoxy) is 2. The molecule has 1 fully saturated rings. The topological polar surface area (TPSA) is 85.3 Å². The van der Waals surface area contributed by atoms with Crippen LogP contribution in [0.2, 0.25) is 0 Å². The Morgan fingerprint density at radius 1 is 1.23 bits per heavy atom. The summed E-state index contributed by atoms with van der Waals surface area (Å²) in [4.78, 5) is 14.0. The molecule has 0 atom stereocenters. The SMILES string of the molecule is CC(C)(C)OC(=O)N1CCC(COC2=NS(=O)(=O)c3ccccc32)CC1. The van der Waals surface area contributed by atoms with Crippen LogP contribution in [-0.4, -0.2) is 50.6 Å². The van der Waals surface area contributed by atoms with Gasteiger partial charge in [-0.25, -0.2) is 4.79 Å². The van der Waals surface area contributed by atoms with Gasteiger partial charge in [0.1, 0.15) is 10.5 Å². The third kappa shape index (κ3) is 4.17. The number of benzene rings is 1. The molecule has 2 aliphatic heterocycles. The minimum absolute atomic E-state index is 0.162. The van der Waals surface area contributed by atoms with Crippen LogP contribution in [-0.2, 0) is 19.5 Å². The van der Waals surface area contributed by atoms with Crippen LogP contribution >= 0.6 is 0 Å². The summed E-state index contributed by atoms with van der Waals surface area (Å²) in [5.41, 5.74) is 0.00925. The molecule has 0 aliphatic carbocycles. The van der Waals surface area contributed by atoms with Crippen molar-refractivity contribution in [3.63, 3.8) is 0 Å². The number of likely N-dealkylation sites (tertiary alicyclic amines) is 1. The van der Waals surface area contributed by atoms with Crippen molar-refractivity contribution in [3.05, 3.63) is 29.8 Å². The van der Waals surface area contributed by atoms with Crippen LogP contribution in [0.15, 0.2) is 33.6 Å². The molecule has 0 unspecified atom stereocenters. The smallest absolute Gasteiger partial charge is 0.410 e. The molecule has 0 radical (unpaired) electrons. The lowest BCUT2D eigenvalue weighted by molar-refractivity contribution is 0.0162. The summed E-state index contributed by atoms with van der Waals surface area (Å²) in [5, 5.41) is 0. The van der Waals surface area contributed by atoms with Gasteiger partial charge in [0.05, 0.1) is 12.2 Å². The fourth-order valence-electron chi connectivity index (χ4n) is 2.99. The predicted molar refractivity (Wildman–Crippen MR) is 96.6 cm³/mol. The molecule has 0 aromatic heterocycles. The van der Waals surface area contributed by atoms with Crippen molar-refractivity contribution in [2.45, 2.75) is 44.1 Å². The monoisotopic (exact) mass is 380 g/mol. The predicted octanol–water partition coefficient (Wildman–Crippen LogP) is 2.80. The van der Waals surface area contributed by atoms with Crippen LogP contribution < -0.4 is 0 Å². The number of sulfonamides is 1. The van der Waals surface area contributed by atoms with Gasteiger partial charge < -0.3 is 14.4 Å². The number of amides is 1. The van der Waals surface area contributed by atoms with E-state index in [0.29, 0.717) is 25.3 Å². The van der Waals surface area contributed by atoms with Gasteiger partial charge in [-0.1, -0.05) is 12.1 Å². The molecule has 1 amide bonds. The number of nitrogens with zero attached hydrogens (tertiary/aromatic N) is 2. The molecule has 1 saturated heterocycles. The number of carbonyl (C=O) groups is 1. The van der Waals surface area contributed by atoms with Gasteiger partial charge in [0, 0.05) is 13.1 Å². The Morgan fingerprint density at radius 3 is 2.54 bits per heavy atom. The lowest BCUT2D eigenvalue weighted by Gasteiger charge is -2.33. The third-order valence-electron chi connectivity index (χ3n) is 4.32. The van der Waals surface area contributed by atoms with E-state index in [0.717, 1.165) is 12.8 Å². The maximum Gasteiger partial charge on any atom is 0.410 e. The summed E-state index contributed by atoms with van der Waals surface area (Å²) < 4.78 is 38.9. The number of fused-ring (bicyclic) bond motifs is 1. The van der Waals surface area contributed by atoms with Crippen LogP contribution in [0.25, 0.3) is 0 Å². The van der Waals surface area contributed by atoms with E-state index in [9.17, 15) is 13.2 Å². The Kier molecular flexibility index (Phi) is 4.96. The number of carbonyl (C=O) groups excluding carboxylic acids is 1. The highest BCUT2D eigenvalue weighted by atomic mass is 32.2. The standard InChI is InChI=1S/C18H24N2O5S/c1-18(2,3)25-17(21)20-10-8-13(9-11-20)12-24-16-14-6-4-5-7-15(14)26(22,23)19-16/h4-7,13H,8-12H2,1-3H3. The Labute approximate surface area is 154 Å². The van der Waals surface area contributed by atoms with E-state index in [2.05, 4.69) is 4.40 Å². The van der Waals surface area contributed by atoms with Crippen molar-refractivity contribution in [2.24, 2.45) is 10.3 Å². The summed E-state index contributed by atoms with van der Waals surface area (Å²) in [6, 6.07) is 6.66. The maximum atomic E-state index is 12.1. The van der Waals surface area contributed by atoms with Crippen LogP contribution in [0, 0.1) is 5.92 Å².